The van der Waals surface area contributed by atoms with Crippen LogP contribution in [0.3, 0.4) is 0 Å². The number of aliphatic carboxylic acids is 1. The summed E-state index contributed by atoms with van der Waals surface area (Å²) in [6.07, 6.45) is 4.13. The second-order valence-electron chi connectivity index (χ2n) is 7.78. The van der Waals surface area contributed by atoms with Gasteiger partial charge >= 0.3 is 5.97 Å². The number of oxime groups is 1. The van der Waals surface area contributed by atoms with Crippen LogP contribution >= 0.6 is 23.3 Å². The average molecular weight is 535 g/mol. The monoisotopic (exact) mass is 534 g/mol. The fourth-order valence-corrected chi connectivity index (χ4v) is 5.54. The van der Waals surface area contributed by atoms with Crippen LogP contribution in [0.1, 0.15) is 18.3 Å². The Hall–Kier alpha value is -3.56. The van der Waals surface area contributed by atoms with Crippen molar-refractivity contribution in [2.45, 2.75) is 31.3 Å². The van der Waals surface area contributed by atoms with Gasteiger partial charge in [0.2, 0.25) is 11.5 Å². The van der Waals surface area contributed by atoms with Gasteiger partial charge in [0, 0.05) is 41.6 Å². The van der Waals surface area contributed by atoms with E-state index in [9.17, 15) is 19.5 Å². The Morgan fingerprint density at radius 1 is 1.39 bits per heavy atom. The molecular weight excluding hydrogens is 510 g/mol. The van der Waals surface area contributed by atoms with Gasteiger partial charge in [0.1, 0.15) is 23.7 Å². The van der Waals surface area contributed by atoms with Crippen LogP contribution in [0.2, 0.25) is 0 Å². The maximum atomic E-state index is 13.0. The Bertz CT molecular complexity index is 1230. The normalized spacial score (nSPS) is 19.6. The van der Waals surface area contributed by atoms with Crippen LogP contribution in [0.15, 0.2) is 41.0 Å². The van der Waals surface area contributed by atoms with Crippen molar-refractivity contribution in [3.8, 4) is 0 Å². The number of fused-ring (bicyclic) bond motifs is 1. The minimum atomic E-state index is -1.22. The summed E-state index contributed by atoms with van der Waals surface area (Å²) in [5.74, 6) is -2.16. The number of amides is 2. The first-order valence-electron chi connectivity index (χ1n) is 10.9. The van der Waals surface area contributed by atoms with E-state index in [-0.39, 0.29) is 42.1 Å². The minimum Gasteiger partial charge on any atom is -0.477 e. The third-order valence-corrected chi connectivity index (χ3v) is 7.31. The molecule has 4 rings (SSSR count). The number of hydrogen-bond acceptors (Lipinski definition) is 11. The fourth-order valence-electron chi connectivity index (χ4n) is 3.77. The van der Waals surface area contributed by atoms with Gasteiger partial charge < -0.3 is 26.1 Å². The molecule has 2 aromatic heterocycles. The summed E-state index contributed by atoms with van der Waals surface area (Å²) in [7, 11) is 0. The molecule has 0 aliphatic carbocycles. The van der Waals surface area contributed by atoms with Crippen LogP contribution in [0, 0.1) is 0 Å². The van der Waals surface area contributed by atoms with Gasteiger partial charge in [-0.25, -0.2) is 9.36 Å². The Balaban J connectivity index is 1.50. The van der Waals surface area contributed by atoms with E-state index in [1.54, 1.807) is 19.3 Å². The number of carbonyl (C=O) groups excluding carboxylic acids is 2. The number of carbonyl (C=O) groups is 3. The van der Waals surface area contributed by atoms with Gasteiger partial charge in [-0.15, -0.1) is 11.8 Å². The summed E-state index contributed by atoms with van der Waals surface area (Å²) in [4.78, 5) is 48.2. The molecule has 2 aromatic rings. The summed E-state index contributed by atoms with van der Waals surface area (Å²) < 4.78 is 5.79. The highest BCUT2D eigenvalue weighted by Gasteiger charge is 2.54. The average Bonchev–Trinajstić information content (AvgIpc) is 3.29. The predicted molar refractivity (Wildman–Crippen MR) is 130 cm³/mol. The standard InChI is InChI=1S/C21H23N7O6S2/c1-2-34-25-13(16-24-21(22)36-26-16)17(30)23-14-18(31)28-15(20(32)33)12(10-35-19(14)28)9-27-6-3-11(4-7-27)5-8-29/h3-4,6-7,14,19,29H,2,5,8-10H2,1H3,(H3-,22,23,24,26,30,32,33)/p+1/t14?,19-/m0/s1. The lowest BCUT2D eigenvalue weighted by Crippen LogP contribution is -2.71. The molecular formula is C21H24N7O6S2+. The van der Waals surface area contributed by atoms with E-state index in [0.29, 0.717) is 17.7 Å². The van der Waals surface area contributed by atoms with Crippen molar-refractivity contribution in [1.29, 1.82) is 0 Å². The van der Waals surface area contributed by atoms with Crippen molar-refractivity contribution in [1.82, 2.24) is 19.6 Å². The van der Waals surface area contributed by atoms with Gasteiger partial charge in [-0.3, -0.25) is 14.5 Å². The van der Waals surface area contributed by atoms with Gasteiger partial charge in [0.05, 0.1) is 0 Å². The molecule has 2 aliphatic heterocycles. The number of aliphatic hydroxyl groups is 1. The number of nitrogen functional groups attached to an aromatic ring is 1. The molecule has 1 unspecified atom stereocenters. The van der Waals surface area contributed by atoms with Gasteiger partial charge in [-0.1, -0.05) is 5.16 Å². The summed E-state index contributed by atoms with van der Waals surface area (Å²) >= 11 is 2.24. The molecule has 5 N–H and O–H groups in total. The first kappa shape index (κ1) is 25.5. The van der Waals surface area contributed by atoms with Crippen molar-refractivity contribution in [2.24, 2.45) is 5.16 Å². The van der Waals surface area contributed by atoms with Gasteiger partial charge in [0.25, 0.3) is 11.8 Å². The van der Waals surface area contributed by atoms with Gasteiger partial charge in [-0.2, -0.15) is 9.36 Å². The highest BCUT2D eigenvalue weighted by Crippen LogP contribution is 2.40. The first-order valence-corrected chi connectivity index (χ1v) is 12.8. The number of aromatic nitrogens is 3. The summed E-state index contributed by atoms with van der Waals surface area (Å²) in [6.45, 7) is 2.21. The second kappa shape index (κ2) is 11.0. The fraction of sp³-hybridized carbons (Fsp3) is 0.381. The van der Waals surface area contributed by atoms with Gasteiger partial charge in [0.15, 0.2) is 24.1 Å². The molecule has 2 atom stereocenters. The Morgan fingerprint density at radius 2 is 2.14 bits per heavy atom. The van der Waals surface area contributed by atoms with Crippen LogP contribution in [0.25, 0.3) is 0 Å². The maximum absolute atomic E-state index is 13.0. The minimum absolute atomic E-state index is 0.0289. The molecule has 1 fully saturated rings. The van der Waals surface area contributed by atoms with E-state index >= 15 is 0 Å². The molecule has 190 valence electrons. The number of β-lactam (4-membered cyclic amide) rings is 1. The van der Waals surface area contributed by atoms with Crippen LogP contribution in [-0.2, 0) is 32.2 Å². The lowest BCUT2D eigenvalue weighted by atomic mass is 10.0. The smallest absolute Gasteiger partial charge is 0.352 e. The Kier molecular flexibility index (Phi) is 7.81. The number of carboxylic acids is 1. The number of rotatable bonds is 10. The Morgan fingerprint density at radius 3 is 2.75 bits per heavy atom. The van der Waals surface area contributed by atoms with E-state index in [4.69, 9.17) is 15.7 Å². The molecule has 4 heterocycles. The number of nitrogens with zero attached hydrogens (tertiary/aromatic N) is 5. The van der Waals surface area contributed by atoms with Crippen LogP contribution in [-0.4, -0.2) is 78.3 Å². The number of thioether (sulfide) groups is 1. The molecule has 1 saturated heterocycles. The third kappa shape index (κ3) is 5.17. The highest BCUT2D eigenvalue weighted by atomic mass is 32.2. The molecule has 36 heavy (non-hydrogen) atoms. The first-order chi connectivity index (χ1) is 17.3. The van der Waals surface area contributed by atoms with Crippen LogP contribution < -0.4 is 15.6 Å². The molecule has 2 amide bonds. The summed E-state index contributed by atoms with van der Waals surface area (Å²) in [5.41, 5.74) is 6.82. The summed E-state index contributed by atoms with van der Waals surface area (Å²) in [6, 6.07) is 2.75. The third-order valence-electron chi connectivity index (χ3n) is 5.42. The van der Waals surface area contributed by atoms with E-state index < -0.39 is 29.2 Å². The molecule has 13 nitrogen and oxygen atoms in total. The predicted octanol–water partition coefficient (Wildman–Crippen LogP) is -0.878. The van der Waals surface area contributed by atoms with Crippen LogP contribution in [0.4, 0.5) is 5.13 Å². The van der Waals surface area contributed by atoms with Crippen LogP contribution in [0.5, 0.6) is 0 Å². The lowest BCUT2D eigenvalue weighted by Gasteiger charge is -2.49. The number of aliphatic hydroxyl groups excluding tert-OH is 1. The van der Waals surface area contributed by atoms with E-state index in [1.807, 2.05) is 16.7 Å². The highest BCUT2D eigenvalue weighted by molar-refractivity contribution is 8.00. The van der Waals surface area contributed by atoms with Crippen molar-refractivity contribution in [3.05, 3.63) is 47.2 Å². The zero-order valence-electron chi connectivity index (χ0n) is 19.2. The van der Waals surface area contributed by atoms with E-state index in [2.05, 4.69) is 19.8 Å². The van der Waals surface area contributed by atoms with Crippen molar-refractivity contribution >= 4 is 51.9 Å². The van der Waals surface area contributed by atoms with Crippen molar-refractivity contribution in [2.75, 3.05) is 24.7 Å². The van der Waals surface area contributed by atoms with E-state index in [1.165, 1.54) is 16.7 Å². The molecule has 0 radical (unpaired) electrons. The number of carboxylic acid groups (broad SMARTS) is 1. The van der Waals surface area contributed by atoms with Gasteiger partial charge in [-0.05, 0) is 18.9 Å². The SMILES string of the molecule is CCON=C(C(=O)NC1C(=O)N2C(C(=O)O)=C(C[n+]3ccc(CCO)cc3)CS[C@@H]12)c1nsc(N)n1. The number of hydrogen-bond donors (Lipinski definition) is 4. The lowest BCUT2D eigenvalue weighted by molar-refractivity contribution is -0.689. The zero-order valence-corrected chi connectivity index (χ0v) is 20.8. The quantitative estimate of drug-likeness (QED) is 0.129. The summed E-state index contributed by atoms with van der Waals surface area (Å²) in [5, 5.41) is 24.9. The number of pyridine rings is 1. The van der Waals surface area contributed by atoms with E-state index in [0.717, 1.165) is 17.1 Å². The number of nitrogens with one attached hydrogen (secondary N) is 1. The molecule has 0 spiro atoms. The molecule has 15 heteroatoms. The number of anilines is 1. The maximum Gasteiger partial charge on any atom is 0.352 e. The largest absolute Gasteiger partial charge is 0.477 e. The number of nitrogens with two attached hydrogens (primary N) is 1. The molecule has 2 aliphatic rings. The van der Waals surface area contributed by atoms with Crippen molar-refractivity contribution in [3.63, 3.8) is 0 Å². The zero-order chi connectivity index (χ0) is 25.8. The molecule has 0 bridgehead atoms. The molecule has 0 saturated carbocycles. The second-order valence-corrected chi connectivity index (χ2v) is 9.67. The molecule has 0 aromatic carbocycles. The Labute approximate surface area is 213 Å². The van der Waals surface area contributed by atoms with Crippen molar-refractivity contribution < 1.29 is 34.0 Å². The topological polar surface area (TPSA) is 184 Å².